The van der Waals surface area contributed by atoms with E-state index in [2.05, 4.69) is 40.2 Å². The maximum atomic E-state index is 12.2. The summed E-state index contributed by atoms with van der Waals surface area (Å²) in [5, 5.41) is 0. The van der Waals surface area contributed by atoms with Crippen LogP contribution in [0, 0.1) is 0 Å². The normalized spacial score (nSPS) is 10.4. The molecule has 2 aromatic carbocycles. The number of carbonyl (C=O) groups excluding carboxylic acids is 1. The quantitative estimate of drug-likeness (QED) is 0.703. The summed E-state index contributed by atoms with van der Waals surface area (Å²) in [4.78, 5) is 14.0. The van der Waals surface area contributed by atoms with Gasteiger partial charge in [0, 0.05) is 23.6 Å². The number of hydrogen-bond acceptors (Lipinski definition) is 1. The summed E-state index contributed by atoms with van der Waals surface area (Å²) in [6.45, 7) is 0.793. The first-order valence-corrected chi connectivity index (χ1v) is 8.01. The van der Waals surface area contributed by atoms with Crippen LogP contribution in [-0.4, -0.2) is 24.4 Å². The Morgan fingerprint density at radius 1 is 1.00 bits per heavy atom. The average molecular weight is 346 g/mol. The lowest BCUT2D eigenvalue weighted by molar-refractivity contribution is 0.0793. The Morgan fingerprint density at radius 2 is 1.67 bits per heavy atom. The second kappa shape index (κ2) is 7.99. The van der Waals surface area contributed by atoms with Gasteiger partial charge < -0.3 is 4.90 Å². The zero-order valence-electron chi connectivity index (χ0n) is 12.3. The summed E-state index contributed by atoms with van der Waals surface area (Å²) in [6.07, 6.45) is 3.19. The van der Waals surface area contributed by atoms with Crippen LogP contribution in [0.4, 0.5) is 0 Å². The highest BCUT2D eigenvalue weighted by Crippen LogP contribution is 2.12. The Hall–Kier alpha value is -1.61. The van der Waals surface area contributed by atoms with Crippen LogP contribution in [0.1, 0.15) is 28.8 Å². The summed E-state index contributed by atoms with van der Waals surface area (Å²) in [7, 11) is 1.87. The van der Waals surface area contributed by atoms with Gasteiger partial charge in [-0.3, -0.25) is 4.79 Å². The van der Waals surface area contributed by atoms with Crippen molar-refractivity contribution in [2.45, 2.75) is 19.3 Å². The van der Waals surface area contributed by atoms with Crippen LogP contribution >= 0.6 is 15.9 Å². The van der Waals surface area contributed by atoms with E-state index in [1.165, 1.54) is 5.56 Å². The molecule has 0 bridgehead atoms. The van der Waals surface area contributed by atoms with E-state index < -0.39 is 0 Å². The minimum Gasteiger partial charge on any atom is -0.342 e. The van der Waals surface area contributed by atoms with Crippen molar-refractivity contribution in [1.29, 1.82) is 0 Å². The third kappa shape index (κ3) is 5.01. The Kier molecular flexibility index (Phi) is 6.00. The number of nitrogens with zero attached hydrogens (tertiary/aromatic N) is 1. The molecule has 2 nitrogen and oxygen atoms in total. The molecular formula is C18H20BrNO. The van der Waals surface area contributed by atoms with E-state index >= 15 is 0 Å². The largest absolute Gasteiger partial charge is 0.342 e. The molecule has 0 fully saturated rings. The number of hydrogen-bond donors (Lipinski definition) is 0. The van der Waals surface area contributed by atoms with Gasteiger partial charge in [-0.25, -0.2) is 0 Å². The lowest BCUT2D eigenvalue weighted by atomic mass is 10.1. The minimum atomic E-state index is 0.0854. The number of carbonyl (C=O) groups is 1. The van der Waals surface area contributed by atoms with E-state index in [0.717, 1.165) is 35.8 Å². The fourth-order valence-electron chi connectivity index (χ4n) is 2.24. The summed E-state index contributed by atoms with van der Waals surface area (Å²) < 4.78 is 0.990. The van der Waals surface area contributed by atoms with Crippen molar-refractivity contribution in [3.63, 3.8) is 0 Å². The second-order valence-electron chi connectivity index (χ2n) is 5.18. The van der Waals surface area contributed by atoms with E-state index in [4.69, 9.17) is 0 Å². The van der Waals surface area contributed by atoms with E-state index in [-0.39, 0.29) is 5.91 Å². The van der Waals surface area contributed by atoms with E-state index in [9.17, 15) is 4.79 Å². The van der Waals surface area contributed by atoms with Crippen LogP contribution in [-0.2, 0) is 6.42 Å². The highest BCUT2D eigenvalue weighted by molar-refractivity contribution is 9.10. The van der Waals surface area contributed by atoms with Crippen molar-refractivity contribution < 1.29 is 4.79 Å². The lowest BCUT2D eigenvalue weighted by Crippen LogP contribution is -2.27. The van der Waals surface area contributed by atoms with Crippen molar-refractivity contribution in [3.05, 3.63) is 70.2 Å². The Bertz CT molecular complexity index is 566. The van der Waals surface area contributed by atoms with Crippen LogP contribution in [0.2, 0.25) is 0 Å². The number of rotatable bonds is 6. The molecule has 0 radical (unpaired) electrons. The standard InChI is InChI=1S/C18H20BrNO/c1-20(18(21)16-10-12-17(19)13-11-16)14-6-5-9-15-7-3-2-4-8-15/h2-4,7-8,10-13H,5-6,9,14H2,1H3. The monoisotopic (exact) mass is 345 g/mol. The molecule has 0 aliphatic rings. The molecule has 2 aromatic rings. The Balaban J connectivity index is 1.75. The van der Waals surface area contributed by atoms with Crippen molar-refractivity contribution in [2.24, 2.45) is 0 Å². The molecule has 0 aliphatic heterocycles. The first-order valence-electron chi connectivity index (χ1n) is 7.22. The number of halogens is 1. The second-order valence-corrected chi connectivity index (χ2v) is 6.09. The SMILES string of the molecule is CN(CCCCc1ccccc1)C(=O)c1ccc(Br)cc1. The molecule has 110 valence electrons. The predicted octanol–water partition coefficient (Wildman–Crippen LogP) is 4.54. The van der Waals surface area contributed by atoms with Crippen molar-refractivity contribution in [2.75, 3.05) is 13.6 Å². The van der Waals surface area contributed by atoms with Crippen LogP contribution < -0.4 is 0 Å². The number of benzene rings is 2. The van der Waals surface area contributed by atoms with Gasteiger partial charge in [0.25, 0.3) is 5.91 Å². The predicted molar refractivity (Wildman–Crippen MR) is 90.5 cm³/mol. The zero-order chi connectivity index (χ0) is 15.1. The molecule has 0 N–H and O–H groups in total. The zero-order valence-corrected chi connectivity index (χ0v) is 13.8. The Labute approximate surface area is 134 Å². The number of unbranched alkanes of at least 4 members (excludes halogenated alkanes) is 1. The summed E-state index contributed by atoms with van der Waals surface area (Å²) in [6, 6.07) is 18.0. The molecule has 21 heavy (non-hydrogen) atoms. The van der Waals surface area contributed by atoms with Gasteiger partial charge in [0.15, 0.2) is 0 Å². The lowest BCUT2D eigenvalue weighted by Gasteiger charge is -2.17. The minimum absolute atomic E-state index is 0.0854. The fourth-order valence-corrected chi connectivity index (χ4v) is 2.50. The van der Waals surface area contributed by atoms with Crippen LogP contribution in [0.15, 0.2) is 59.1 Å². The topological polar surface area (TPSA) is 20.3 Å². The molecular weight excluding hydrogens is 326 g/mol. The highest BCUT2D eigenvalue weighted by Gasteiger charge is 2.10. The van der Waals surface area contributed by atoms with Crippen molar-refractivity contribution in [3.8, 4) is 0 Å². The van der Waals surface area contributed by atoms with Crippen molar-refractivity contribution in [1.82, 2.24) is 4.90 Å². The molecule has 0 aliphatic carbocycles. The Morgan fingerprint density at radius 3 is 2.33 bits per heavy atom. The number of amides is 1. The van der Waals surface area contributed by atoms with Crippen molar-refractivity contribution >= 4 is 21.8 Å². The first-order chi connectivity index (χ1) is 10.2. The van der Waals surface area contributed by atoms with E-state index in [1.807, 2.05) is 37.4 Å². The van der Waals surface area contributed by atoms with Crippen LogP contribution in [0.3, 0.4) is 0 Å². The summed E-state index contributed by atoms with van der Waals surface area (Å²) in [5.74, 6) is 0.0854. The fraction of sp³-hybridized carbons (Fsp3) is 0.278. The highest BCUT2D eigenvalue weighted by atomic mass is 79.9. The third-order valence-corrected chi connectivity index (χ3v) is 4.02. The van der Waals surface area contributed by atoms with Crippen LogP contribution in [0.25, 0.3) is 0 Å². The van der Waals surface area contributed by atoms with Gasteiger partial charge in [0.1, 0.15) is 0 Å². The van der Waals surface area contributed by atoms with E-state index in [1.54, 1.807) is 4.90 Å². The molecule has 0 heterocycles. The third-order valence-electron chi connectivity index (χ3n) is 3.49. The average Bonchev–Trinajstić information content (AvgIpc) is 2.52. The first kappa shape index (κ1) is 15.8. The molecule has 0 saturated carbocycles. The van der Waals surface area contributed by atoms with Gasteiger partial charge in [-0.15, -0.1) is 0 Å². The molecule has 1 amide bonds. The number of aryl methyl sites for hydroxylation is 1. The molecule has 0 spiro atoms. The van der Waals surface area contributed by atoms with Gasteiger partial charge in [-0.05, 0) is 49.1 Å². The molecule has 0 aromatic heterocycles. The maximum absolute atomic E-state index is 12.2. The van der Waals surface area contributed by atoms with E-state index in [0.29, 0.717) is 0 Å². The molecule has 3 heteroatoms. The summed E-state index contributed by atoms with van der Waals surface area (Å²) >= 11 is 3.38. The van der Waals surface area contributed by atoms with Gasteiger partial charge in [0.2, 0.25) is 0 Å². The molecule has 0 unspecified atom stereocenters. The van der Waals surface area contributed by atoms with Gasteiger partial charge >= 0.3 is 0 Å². The summed E-state index contributed by atoms with van der Waals surface area (Å²) in [5.41, 5.74) is 2.10. The molecule has 0 saturated heterocycles. The van der Waals surface area contributed by atoms with Gasteiger partial charge in [-0.2, -0.15) is 0 Å². The van der Waals surface area contributed by atoms with Gasteiger partial charge in [-0.1, -0.05) is 46.3 Å². The van der Waals surface area contributed by atoms with Gasteiger partial charge in [0.05, 0.1) is 0 Å². The maximum Gasteiger partial charge on any atom is 0.253 e. The molecule has 2 rings (SSSR count). The molecule has 0 atom stereocenters. The smallest absolute Gasteiger partial charge is 0.253 e. The van der Waals surface area contributed by atoms with Crippen LogP contribution in [0.5, 0.6) is 0 Å².